The van der Waals surface area contributed by atoms with Gasteiger partial charge in [0.15, 0.2) is 23.0 Å². The number of hydrazone groups is 1. The van der Waals surface area contributed by atoms with Crippen molar-refractivity contribution in [3.05, 3.63) is 82.9 Å². The molecule has 1 N–H and O–H groups in total. The van der Waals surface area contributed by atoms with E-state index in [4.69, 9.17) is 30.5 Å². The maximum Gasteiger partial charge on any atom is 0.284 e. The highest BCUT2D eigenvalue weighted by molar-refractivity contribution is 6.30. The molecule has 170 valence electrons. The van der Waals surface area contributed by atoms with Crippen molar-refractivity contribution >= 4 is 23.7 Å². The van der Waals surface area contributed by atoms with Gasteiger partial charge in [-0.05, 0) is 60.5 Å². The zero-order valence-corrected chi connectivity index (χ0v) is 18.7. The summed E-state index contributed by atoms with van der Waals surface area (Å²) in [6.45, 7) is 2.85. The second kappa shape index (κ2) is 10.7. The first-order valence-electron chi connectivity index (χ1n) is 10.5. The third-order valence-electron chi connectivity index (χ3n) is 4.74. The third-order valence-corrected chi connectivity index (χ3v) is 4.98. The van der Waals surface area contributed by atoms with Crippen LogP contribution < -0.4 is 24.4 Å². The maximum absolute atomic E-state index is 12.4. The van der Waals surface area contributed by atoms with Gasteiger partial charge in [0.1, 0.15) is 13.2 Å². The molecule has 1 heterocycles. The Bertz CT molecular complexity index is 1150. The van der Waals surface area contributed by atoms with Gasteiger partial charge in [-0.15, -0.1) is 0 Å². The van der Waals surface area contributed by atoms with Crippen LogP contribution in [0.15, 0.2) is 71.8 Å². The van der Waals surface area contributed by atoms with Gasteiger partial charge in [-0.25, -0.2) is 5.43 Å². The fourth-order valence-electron chi connectivity index (χ4n) is 3.17. The van der Waals surface area contributed by atoms with E-state index in [1.54, 1.807) is 24.3 Å². The van der Waals surface area contributed by atoms with Crippen molar-refractivity contribution in [3.8, 4) is 23.0 Å². The van der Waals surface area contributed by atoms with Crippen LogP contribution in [-0.4, -0.2) is 31.4 Å². The average molecular weight is 467 g/mol. The molecule has 0 unspecified atom stereocenters. The summed E-state index contributed by atoms with van der Waals surface area (Å²) >= 11 is 6.03. The van der Waals surface area contributed by atoms with E-state index in [1.165, 1.54) is 6.21 Å². The van der Waals surface area contributed by atoms with Gasteiger partial charge in [0, 0.05) is 5.02 Å². The van der Waals surface area contributed by atoms with Gasteiger partial charge in [-0.3, -0.25) is 4.79 Å². The second-order valence-electron chi connectivity index (χ2n) is 7.16. The molecule has 1 aliphatic rings. The highest BCUT2D eigenvalue weighted by Gasteiger charge is 2.27. The molecule has 1 atom stereocenters. The number of hydrogen-bond donors (Lipinski definition) is 1. The highest BCUT2D eigenvalue weighted by Crippen LogP contribution is 2.31. The number of fused-ring (bicyclic) bond motifs is 1. The smallest absolute Gasteiger partial charge is 0.284 e. The van der Waals surface area contributed by atoms with Crippen molar-refractivity contribution in [2.45, 2.75) is 19.6 Å². The zero-order chi connectivity index (χ0) is 23.0. The fraction of sp³-hybridized carbons (Fsp3) is 0.200. The minimum atomic E-state index is -0.779. The Morgan fingerprint density at radius 2 is 1.94 bits per heavy atom. The van der Waals surface area contributed by atoms with Gasteiger partial charge in [0.25, 0.3) is 5.91 Å². The minimum Gasteiger partial charge on any atom is -0.490 e. The summed E-state index contributed by atoms with van der Waals surface area (Å²) in [7, 11) is 0. The van der Waals surface area contributed by atoms with E-state index in [-0.39, 0.29) is 6.61 Å². The predicted octanol–water partition coefficient (Wildman–Crippen LogP) is 4.61. The van der Waals surface area contributed by atoms with E-state index in [1.807, 2.05) is 49.4 Å². The number of rotatable bonds is 8. The number of nitrogens with one attached hydrogen (secondary N) is 1. The first-order valence-corrected chi connectivity index (χ1v) is 10.9. The molecule has 7 nitrogen and oxygen atoms in total. The largest absolute Gasteiger partial charge is 0.490 e. The van der Waals surface area contributed by atoms with Gasteiger partial charge in [-0.1, -0.05) is 35.9 Å². The van der Waals surface area contributed by atoms with Crippen LogP contribution in [-0.2, 0) is 11.4 Å². The summed E-state index contributed by atoms with van der Waals surface area (Å²) in [6, 6.07) is 20.1. The molecular weight excluding hydrogens is 444 g/mol. The number of carbonyl (C=O) groups excluding carboxylic acids is 1. The van der Waals surface area contributed by atoms with E-state index in [0.717, 1.165) is 11.1 Å². The molecule has 0 spiro atoms. The average Bonchev–Trinajstić information content (AvgIpc) is 2.83. The lowest BCUT2D eigenvalue weighted by molar-refractivity contribution is -0.130. The summed E-state index contributed by atoms with van der Waals surface area (Å²) in [5.41, 5.74) is 4.18. The van der Waals surface area contributed by atoms with Gasteiger partial charge in [0.2, 0.25) is 6.10 Å². The monoisotopic (exact) mass is 466 g/mol. The van der Waals surface area contributed by atoms with Crippen LogP contribution in [0.25, 0.3) is 0 Å². The standard InChI is InChI=1S/C25H23ClN2O5/c1-2-30-23-13-17(10-11-21(23)31-15-18-6-5-7-19(26)12-18)14-27-28-25(29)24-16-32-20-8-3-4-9-22(20)33-24/h3-14,24H,2,15-16H2,1H3,(H,28,29)/b27-14-/t24-/m0/s1. The number of amides is 1. The molecule has 0 saturated heterocycles. The zero-order valence-electron chi connectivity index (χ0n) is 18.0. The Labute approximate surface area is 196 Å². The van der Waals surface area contributed by atoms with Crippen molar-refractivity contribution in [1.82, 2.24) is 5.43 Å². The first kappa shape index (κ1) is 22.5. The van der Waals surface area contributed by atoms with Crippen molar-refractivity contribution < 1.29 is 23.7 Å². The lowest BCUT2D eigenvalue weighted by Crippen LogP contribution is -2.42. The number of halogens is 1. The topological polar surface area (TPSA) is 78.4 Å². The van der Waals surface area contributed by atoms with Crippen LogP contribution in [0.5, 0.6) is 23.0 Å². The van der Waals surface area contributed by atoms with Gasteiger partial charge in [0.05, 0.1) is 12.8 Å². The minimum absolute atomic E-state index is 0.117. The number of carbonyl (C=O) groups is 1. The van der Waals surface area contributed by atoms with E-state index in [0.29, 0.717) is 41.2 Å². The predicted molar refractivity (Wildman–Crippen MR) is 125 cm³/mol. The fourth-order valence-corrected chi connectivity index (χ4v) is 3.38. The molecule has 0 fully saturated rings. The molecule has 4 rings (SSSR count). The number of nitrogens with zero attached hydrogens (tertiary/aromatic N) is 1. The Morgan fingerprint density at radius 3 is 2.76 bits per heavy atom. The molecule has 0 aromatic heterocycles. The third kappa shape index (κ3) is 5.96. The van der Waals surface area contributed by atoms with Gasteiger partial charge < -0.3 is 18.9 Å². The summed E-state index contributed by atoms with van der Waals surface area (Å²) in [4.78, 5) is 12.4. The van der Waals surface area contributed by atoms with Crippen molar-refractivity contribution in [2.24, 2.45) is 5.10 Å². The Balaban J connectivity index is 1.36. The highest BCUT2D eigenvalue weighted by atomic mass is 35.5. The van der Waals surface area contributed by atoms with E-state index < -0.39 is 12.0 Å². The quantitative estimate of drug-likeness (QED) is 0.387. The molecule has 0 bridgehead atoms. The summed E-state index contributed by atoms with van der Waals surface area (Å²) in [5.74, 6) is 1.93. The molecule has 33 heavy (non-hydrogen) atoms. The van der Waals surface area contributed by atoms with E-state index in [2.05, 4.69) is 10.5 Å². The SMILES string of the molecule is CCOc1cc(/C=N\NC(=O)[C@@H]2COc3ccccc3O2)ccc1OCc1cccc(Cl)c1. The van der Waals surface area contributed by atoms with Gasteiger partial charge in [-0.2, -0.15) is 5.10 Å². The maximum atomic E-state index is 12.4. The number of ether oxygens (including phenoxy) is 4. The van der Waals surface area contributed by atoms with Crippen molar-refractivity contribution in [2.75, 3.05) is 13.2 Å². The molecule has 0 radical (unpaired) electrons. The second-order valence-corrected chi connectivity index (χ2v) is 7.59. The number of hydrogen-bond acceptors (Lipinski definition) is 6. The van der Waals surface area contributed by atoms with Crippen LogP contribution in [0.1, 0.15) is 18.1 Å². The normalized spacial score (nSPS) is 14.7. The summed E-state index contributed by atoms with van der Waals surface area (Å²) in [5, 5.41) is 4.69. The number of para-hydroxylation sites is 2. The van der Waals surface area contributed by atoms with Crippen LogP contribution in [0.2, 0.25) is 5.02 Å². The van der Waals surface area contributed by atoms with Crippen molar-refractivity contribution in [3.63, 3.8) is 0 Å². The van der Waals surface area contributed by atoms with E-state index >= 15 is 0 Å². The number of benzene rings is 3. The molecule has 8 heteroatoms. The van der Waals surface area contributed by atoms with Gasteiger partial charge >= 0.3 is 0 Å². The lowest BCUT2D eigenvalue weighted by Gasteiger charge is -2.24. The molecule has 1 amide bonds. The van der Waals surface area contributed by atoms with Crippen LogP contribution >= 0.6 is 11.6 Å². The lowest BCUT2D eigenvalue weighted by atomic mass is 10.2. The summed E-state index contributed by atoms with van der Waals surface area (Å²) in [6.07, 6.45) is 0.747. The van der Waals surface area contributed by atoms with Crippen LogP contribution in [0, 0.1) is 0 Å². The molecule has 3 aromatic rings. The molecule has 0 aliphatic carbocycles. The Hall–Kier alpha value is -3.71. The van der Waals surface area contributed by atoms with Crippen molar-refractivity contribution in [1.29, 1.82) is 0 Å². The molecule has 3 aromatic carbocycles. The Morgan fingerprint density at radius 1 is 1.09 bits per heavy atom. The Kier molecular flexibility index (Phi) is 7.32. The molecule has 0 saturated carbocycles. The summed E-state index contributed by atoms with van der Waals surface area (Å²) < 4.78 is 22.9. The molecular formula is C25H23ClN2O5. The molecule has 1 aliphatic heterocycles. The first-order chi connectivity index (χ1) is 16.1. The van der Waals surface area contributed by atoms with Crippen LogP contribution in [0.4, 0.5) is 0 Å². The van der Waals surface area contributed by atoms with Crippen LogP contribution in [0.3, 0.4) is 0 Å². The van der Waals surface area contributed by atoms with E-state index in [9.17, 15) is 4.79 Å².